The maximum Gasteiger partial charge on any atom is 0.326 e. The van der Waals surface area contributed by atoms with E-state index in [2.05, 4.69) is 69.1 Å². The number of phenols is 1. The van der Waals surface area contributed by atoms with Gasteiger partial charge < -0.3 is 128 Å². The third kappa shape index (κ3) is 42.0. The van der Waals surface area contributed by atoms with Gasteiger partial charge in [-0.2, -0.15) is 0 Å². The van der Waals surface area contributed by atoms with Crippen LogP contribution in [0.5, 0.6) is 5.75 Å². The molecule has 674 valence electrons. The standard InChI is InChI=1S/C78H121N17O26/c1-41(2)38-56(76(118)95-64(42(3)4)77(119)83-44(6)66(108)85-48(18-10-13-35-79)67(109)86-49(19-11-14-36-80)68(110)91-55(78(120)121)20-12-15-37-81)92-72(114)54(29-34-63(105)106)90-74(116)57(39-45-16-8-7-9-17-45)94-75(117)58(40-46-21-23-47(96)24-22-46)93-73(115)53(28-33-62(103)104)89-71(113)52(27-32-61(101)102)88-70(112)51(26-31-60(99)100)87-69(111)50(25-30-59(97)98)84-65(107)43(5)82/h7-9,16-17,21-24,41-44,48-58,64,96H,10-15,18-20,25-40,79-82H2,1-6H3,(H,83,119)(H,84,107)(H,85,108)(H,86,109)(H,87,111)(H,88,112)(H,89,113)(H,90,116)(H,91,110)(H,92,114)(H,93,115)(H,94,117)(H,95,118)(H,97,98)(H,99,100)(H,101,102)(H,103,104)(H,105,106)(H,120,121)/t43-,44-,48-,49-,50-,51-,52-,53-,54-,55-,56-,57-,58-,64-/m0/s1. The summed E-state index contributed by atoms with van der Waals surface area (Å²) in [6.45, 7) is 9.71. The average Bonchev–Trinajstić information content (AvgIpc) is 0.846. The normalized spacial score (nSPS) is 14.6. The molecular weight excluding hydrogens is 1590 g/mol. The lowest BCUT2D eigenvalue weighted by Gasteiger charge is -2.29. The molecule has 0 aliphatic rings. The van der Waals surface area contributed by atoms with Gasteiger partial charge in [-0.05, 0) is 165 Å². The summed E-state index contributed by atoms with van der Waals surface area (Å²) in [6, 6.07) is -9.73. The van der Waals surface area contributed by atoms with Gasteiger partial charge in [0, 0.05) is 44.9 Å². The van der Waals surface area contributed by atoms with Crippen LogP contribution in [0.15, 0.2) is 54.6 Å². The van der Waals surface area contributed by atoms with Gasteiger partial charge >= 0.3 is 35.8 Å². The molecule has 0 radical (unpaired) electrons. The van der Waals surface area contributed by atoms with E-state index in [4.69, 9.17) is 22.9 Å². The van der Waals surface area contributed by atoms with E-state index in [9.17, 15) is 122 Å². The molecule has 43 heteroatoms. The third-order valence-corrected chi connectivity index (χ3v) is 18.8. The van der Waals surface area contributed by atoms with Crippen LogP contribution in [-0.2, 0) is 104 Å². The van der Waals surface area contributed by atoms with Gasteiger partial charge in [-0.25, -0.2) is 4.79 Å². The molecule has 2 rings (SSSR count). The second kappa shape index (κ2) is 55.7. The highest BCUT2D eigenvalue weighted by Gasteiger charge is 2.39. The maximum atomic E-state index is 15.0. The van der Waals surface area contributed by atoms with E-state index in [0.717, 1.165) is 0 Å². The monoisotopic (exact) mass is 1710 g/mol. The van der Waals surface area contributed by atoms with Crippen LogP contribution >= 0.6 is 0 Å². The first-order valence-electron chi connectivity index (χ1n) is 39.9. The van der Waals surface area contributed by atoms with E-state index < -0.39 is 286 Å². The smallest absolute Gasteiger partial charge is 0.326 e. The van der Waals surface area contributed by atoms with Crippen molar-refractivity contribution in [3.05, 3.63) is 65.7 Å². The minimum absolute atomic E-state index is 0.00225. The minimum atomic E-state index is -2.01. The van der Waals surface area contributed by atoms with Crippen molar-refractivity contribution in [3.63, 3.8) is 0 Å². The molecule has 0 fully saturated rings. The number of aromatic hydroxyl groups is 1. The number of nitrogens with two attached hydrogens (primary N) is 4. The summed E-state index contributed by atoms with van der Waals surface area (Å²) < 4.78 is 0. The number of unbranched alkanes of at least 4 members (excludes halogenated alkanes) is 3. The summed E-state index contributed by atoms with van der Waals surface area (Å²) in [4.78, 5) is 256. The molecule has 0 aliphatic carbocycles. The topological polar surface area (TPSA) is 726 Å². The number of carbonyl (C=O) groups excluding carboxylic acids is 13. The van der Waals surface area contributed by atoms with Crippen LogP contribution < -0.4 is 92.1 Å². The molecule has 0 heterocycles. The second-order valence-corrected chi connectivity index (χ2v) is 30.0. The minimum Gasteiger partial charge on any atom is -0.508 e. The van der Waals surface area contributed by atoms with Crippen LogP contribution in [0, 0.1) is 11.8 Å². The van der Waals surface area contributed by atoms with Crippen LogP contribution in [0.1, 0.15) is 181 Å². The highest BCUT2D eigenvalue weighted by molar-refractivity contribution is 6.01. The molecule has 2 aromatic carbocycles. The lowest BCUT2D eigenvalue weighted by Crippen LogP contribution is -2.61. The number of carboxylic acids is 6. The Bertz CT molecular complexity index is 3820. The van der Waals surface area contributed by atoms with Crippen LogP contribution in [0.3, 0.4) is 0 Å². The van der Waals surface area contributed by atoms with Gasteiger partial charge in [0.1, 0.15) is 84.3 Å². The van der Waals surface area contributed by atoms with E-state index in [1.165, 1.54) is 50.2 Å². The summed E-state index contributed by atoms with van der Waals surface area (Å²) in [5, 5.41) is 100. The predicted molar refractivity (Wildman–Crippen MR) is 431 cm³/mol. The Morgan fingerprint density at radius 3 is 0.876 bits per heavy atom. The number of aliphatic carboxylic acids is 6. The van der Waals surface area contributed by atoms with E-state index in [1.807, 2.05) is 0 Å². The largest absolute Gasteiger partial charge is 0.508 e. The van der Waals surface area contributed by atoms with E-state index in [1.54, 1.807) is 45.9 Å². The van der Waals surface area contributed by atoms with Crippen molar-refractivity contribution < 1.29 is 127 Å². The fourth-order valence-corrected chi connectivity index (χ4v) is 12.0. The number of carbonyl (C=O) groups is 19. The van der Waals surface area contributed by atoms with Gasteiger partial charge in [0.25, 0.3) is 0 Å². The van der Waals surface area contributed by atoms with Crippen molar-refractivity contribution in [2.45, 2.75) is 267 Å². The maximum absolute atomic E-state index is 15.0. The summed E-state index contributed by atoms with van der Waals surface area (Å²) in [5.74, 6) is -24.3. The summed E-state index contributed by atoms with van der Waals surface area (Å²) >= 11 is 0. The Morgan fingerprint density at radius 2 is 0.570 bits per heavy atom. The average molecular weight is 1710 g/mol. The molecule has 43 nitrogen and oxygen atoms in total. The Kier molecular flexibility index (Phi) is 48.4. The van der Waals surface area contributed by atoms with Crippen molar-refractivity contribution >= 4 is 113 Å². The van der Waals surface area contributed by atoms with Gasteiger partial charge in [-0.15, -0.1) is 0 Å². The molecule has 0 aliphatic heterocycles. The van der Waals surface area contributed by atoms with Gasteiger partial charge in [0.2, 0.25) is 76.8 Å². The number of hydrogen-bond acceptors (Lipinski definition) is 24. The molecule has 2 aromatic rings. The third-order valence-electron chi connectivity index (χ3n) is 18.8. The molecule has 121 heavy (non-hydrogen) atoms. The van der Waals surface area contributed by atoms with Crippen molar-refractivity contribution in [1.29, 1.82) is 0 Å². The molecule has 0 saturated heterocycles. The fourth-order valence-electron chi connectivity index (χ4n) is 12.0. The molecular formula is C78H121N17O26. The SMILES string of the molecule is CC(C)C[C@H](NC(=O)[C@H](CCC(=O)O)NC(=O)[C@H](Cc1ccccc1)NC(=O)[C@H](Cc1ccc(O)cc1)NC(=O)[C@H](CCC(=O)O)NC(=O)[C@H](CCC(=O)O)NC(=O)[C@H](CCC(=O)O)NC(=O)[C@H](CCC(=O)O)NC(=O)[C@H](C)N)C(=O)N[C@H](C(=O)N[C@@H](C)C(=O)N[C@@H](CCCCN)C(=O)N[C@@H](CCCCN)C(=O)N[C@@H](CCCCN)C(=O)O)C(C)C. The van der Waals surface area contributed by atoms with Crippen molar-refractivity contribution in [2.75, 3.05) is 19.6 Å². The number of hydrogen-bond donors (Lipinski definition) is 24. The zero-order valence-electron chi connectivity index (χ0n) is 68.8. The summed E-state index contributed by atoms with van der Waals surface area (Å²) in [7, 11) is 0. The first kappa shape index (κ1) is 105. The van der Waals surface area contributed by atoms with E-state index in [-0.39, 0.29) is 50.1 Å². The van der Waals surface area contributed by atoms with Crippen molar-refractivity contribution in [2.24, 2.45) is 34.8 Å². The lowest BCUT2D eigenvalue weighted by atomic mass is 9.99. The predicted octanol–water partition coefficient (Wildman–Crippen LogP) is -3.66. The van der Waals surface area contributed by atoms with Crippen molar-refractivity contribution in [1.82, 2.24) is 69.1 Å². The number of nitrogens with one attached hydrogen (secondary N) is 13. The molecule has 0 bridgehead atoms. The zero-order valence-corrected chi connectivity index (χ0v) is 68.8. The van der Waals surface area contributed by atoms with Gasteiger partial charge in [-0.1, -0.05) is 70.2 Å². The highest BCUT2D eigenvalue weighted by Crippen LogP contribution is 2.17. The summed E-state index contributed by atoms with van der Waals surface area (Å²) in [6.07, 6.45) is -6.26. The lowest BCUT2D eigenvalue weighted by molar-refractivity contribution is -0.142. The fraction of sp³-hybridized carbons (Fsp3) is 0.603. The molecule has 0 unspecified atom stereocenters. The molecule has 0 spiro atoms. The van der Waals surface area contributed by atoms with Gasteiger partial charge in [0.15, 0.2) is 0 Å². The molecule has 13 amide bonds. The Balaban J connectivity index is 2.65. The Labute approximate surface area is 699 Å². The zero-order chi connectivity index (χ0) is 91.2. The summed E-state index contributed by atoms with van der Waals surface area (Å²) in [5.41, 5.74) is 23.2. The molecule has 28 N–H and O–H groups in total. The van der Waals surface area contributed by atoms with E-state index >= 15 is 4.79 Å². The Hall–Kier alpha value is -12.0. The number of rotatable bonds is 61. The second-order valence-electron chi connectivity index (χ2n) is 30.0. The highest BCUT2D eigenvalue weighted by atomic mass is 16.4. The molecule has 0 saturated carbocycles. The van der Waals surface area contributed by atoms with Crippen LogP contribution in [0.2, 0.25) is 0 Å². The van der Waals surface area contributed by atoms with Crippen molar-refractivity contribution in [3.8, 4) is 5.75 Å². The van der Waals surface area contributed by atoms with Crippen LogP contribution in [0.25, 0.3) is 0 Å². The number of carboxylic acid groups (broad SMARTS) is 6. The Morgan fingerprint density at radius 1 is 0.298 bits per heavy atom. The molecule has 0 aromatic heterocycles. The number of phenolic OH excluding ortho intramolecular Hbond substituents is 1. The van der Waals surface area contributed by atoms with Crippen LogP contribution in [-0.4, -0.2) is 253 Å². The van der Waals surface area contributed by atoms with Gasteiger partial charge in [0.05, 0.1) is 6.04 Å². The van der Waals surface area contributed by atoms with Gasteiger partial charge in [-0.3, -0.25) is 86.3 Å². The molecule has 14 atom stereocenters. The van der Waals surface area contributed by atoms with Crippen LogP contribution in [0.4, 0.5) is 0 Å². The van der Waals surface area contributed by atoms with E-state index in [0.29, 0.717) is 50.6 Å². The number of amides is 13. The quantitative estimate of drug-likeness (QED) is 0.0284. The first-order valence-corrected chi connectivity index (χ1v) is 39.9. The number of benzene rings is 2. The first-order chi connectivity index (χ1) is 57.0.